The number of carbonyl (C=O) groups is 4. The van der Waals surface area contributed by atoms with E-state index in [9.17, 15) is 19.2 Å². The monoisotopic (exact) mass is 287 g/mol. The second kappa shape index (κ2) is 7.46. The van der Waals surface area contributed by atoms with Gasteiger partial charge in [-0.1, -0.05) is 20.8 Å². The molecule has 0 rings (SSSR count). The van der Waals surface area contributed by atoms with Gasteiger partial charge in [0, 0.05) is 18.4 Å². The fourth-order valence-electron chi connectivity index (χ4n) is 1.29. The van der Waals surface area contributed by atoms with Crippen molar-refractivity contribution in [1.29, 1.82) is 0 Å². The lowest BCUT2D eigenvalue weighted by molar-refractivity contribution is -0.145. The molecule has 0 aliphatic rings. The van der Waals surface area contributed by atoms with E-state index < -0.39 is 36.3 Å². The van der Waals surface area contributed by atoms with Crippen LogP contribution < -0.4 is 11.1 Å². The second-order valence-electron chi connectivity index (χ2n) is 5.37. The van der Waals surface area contributed by atoms with Crippen LogP contribution in [0.4, 0.5) is 0 Å². The molecule has 0 aliphatic heterocycles. The van der Waals surface area contributed by atoms with E-state index in [0.29, 0.717) is 0 Å². The molecule has 4 N–H and O–H groups in total. The Labute approximate surface area is 117 Å². The minimum absolute atomic E-state index is 0.0732. The van der Waals surface area contributed by atoms with Crippen molar-refractivity contribution in [3.63, 3.8) is 0 Å². The van der Waals surface area contributed by atoms with Gasteiger partial charge in [-0.05, 0) is 0 Å². The van der Waals surface area contributed by atoms with Gasteiger partial charge in [-0.2, -0.15) is 0 Å². The molecule has 0 aromatic carbocycles. The Hall–Kier alpha value is -2.12. The summed E-state index contributed by atoms with van der Waals surface area (Å²) in [4.78, 5) is 45.5. The number of nitrogens with one attached hydrogen (secondary N) is 1. The van der Waals surface area contributed by atoms with E-state index in [1.54, 1.807) is 20.8 Å². The maximum atomic E-state index is 11.7. The van der Waals surface area contributed by atoms with Crippen molar-refractivity contribution >= 4 is 23.7 Å². The first-order chi connectivity index (χ1) is 9.04. The predicted molar refractivity (Wildman–Crippen MR) is 70.5 cm³/mol. The van der Waals surface area contributed by atoms with Gasteiger partial charge < -0.3 is 21.1 Å². The highest BCUT2D eigenvalue weighted by molar-refractivity contribution is 5.87. The number of carboxylic acid groups (broad SMARTS) is 1. The van der Waals surface area contributed by atoms with Crippen molar-refractivity contribution in [3.8, 4) is 0 Å². The highest BCUT2D eigenvalue weighted by Gasteiger charge is 2.22. The summed E-state index contributed by atoms with van der Waals surface area (Å²) < 4.78 is 0. The summed E-state index contributed by atoms with van der Waals surface area (Å²) in [5.41, 5.74) is 4.37. The van der Waals surface area contributed by atoms with Gasteiger partial charge in [0.05, 0.1) is 6.54 Å². The van der Waals surface area contributed by atoms with E-state index in [-0.39, 0.29) is 18.9 Å². The van der Waals surface area contributed by atoms with E-state index in [4.69, 9.17) is 10.8 Å². The fourth-order valence-corrected chi connectivity index (χ4v) is 1.29. The van der Waals surface area contributed by atoms with Crippen LogP contribution in [0.2, 0.25) is 0 Å². The van der Waals surface area contributed by atoms with E-state index in [1.807, 2.05) is 0 Å². The van der Waals surface area contributed by atoms with Crippen LogP contribution in [0.1, 0.15) is 27.2 Å². The van der Waals surface area contributed by atoms with E-state index >= 15 is 0 Å². The van der Waals surface area contributed by atoms with Crippen LogP contribution in [-0.4, -0.2) is 53.3 Å². The van der Waals surface area contributed by atoms with Crippen LogP contribution in [0.15, 0.2) is 0 Å². The number of amides is 3. The lowest BCUT2D eigenvalue weighted by atomic mass is 9.96. The van der Waals surface area contributed by atoms with Crippen molar-refractivity contribution in [2.75, 3.05) is 19.6 Å². The zero-order valence-electron chi connectivity index (χ0n) is 11.9. The number of primary amides is 1. The SMILES string of the molecule is CC(C)(C)C(=O)NCCC(=O)N(CC(N)=O)CC(=O)O. The summed E-state index contributed by atoms with van der Waals surface area (Å²) in [6.45, 7) is 4.20. The molecule has 0 radical (unpaired) electrons. The third-order valence-electron chi connectivity index (χ3n) is 2.33. The first-order valence-corrected chi connectivity index (χ1v) is 6.10. The largest absolute Gasteiger partial charge is 0.480 e. The number of hydrogen-bond donors (Lipinski definition) is 3. The molecule has 0 aromatic heterocycles. The number of hydrogen-bond acceptors (Lipinski definition) is 4. The molecule has 20 heavy (non-hydrogen) atoms. The molecule has 0 saturated heterocycles. The van der Waals surface area contributed by atoms with Gasteiger partial charge in [0.25, 0.3) is 0 Å². The zero-order chi connectivity index (χ0) is 15.9. The first kappa shape index (κ1) is 17.9. The van der Waals surface area contributed by atoms with Gasteiger partial charge in [0.2, 0.25) is 17.7 Å². The molecule has 0 bridgehead atoms. The van der Waals surface area contributed by atoms with Gasteiger partial charge in [0.15, 0.2) is 0 Å². The van der Waals surface area contributed by atoms with Crippen LogP contribution in [0.3, 0.4) is 0 Å². The number of nitrogens with zero attached hydrogens (tertiary/aromatic N) is 1. The normalized spacial score (nSPS) is 10.8. The van der Waals surface area contributed by atoms with Crippen molar-refractivity contribution in [2.45, 2.75) is 27.2 Å². The Balaban J connectivity index is 4.36. The highest BCUT2D eigenvalue weighted by Crippen LogP contribution is 2.12. The van der Waals surface area contributed by atoms with Gasteiger partial charge in [-0.15, -0.1) is 0 Å². The van der Waals surface area contributed by atoms with Crippen LogP contribution in [0.25, 0.3) is 0 Å². The molecule has 0 atom stereocenters. The molecule has 0 fully saturated rings. The fraction of sp³-hybridized carbons (Fsp3) is 0.667. The van der Waals surface area contributed by atoms with Gasteiger partial charge in [-0.3, -0.25) is 19.2 Å². The minimum Gasteiger partial charge on any atom is -0.480 e. The van der Waals surface area contributed by atoms with Crippen molar-refractivity contribution < 1.29 is 24.3 Å². The third kappa shape index (κ3) is 7.34. The smallest absolute Gasteiger partial charge is 0.323 e. The minimum atomic E-state index is -1.24. The summed E-state index contributed by atoms with van der Waals surface area (Å²) in [5.74, 6) is -2.80. The van der Waals surface area contributed by atoms with E-state index in [1.165, 1.54) is 0 Å². The Morgan fingerprint density at radius 1 is 1.15 bits per heavy atom. The molecule has 114 valence electrons. The third-order valence-corrected chi connectivity index (χ3v) is 2.33. The molecule has 0 aliphatic carbocycles. The Morgan fingerprint density at radius 3 is 2.10 bits per heavy atom. The quantitative estimate of drug-likeness (QED) is 0.549. The molecular weight excluding hydrogens is 266 g/mol. The van der Waals surface area contributed by atoms with Crippen molar-refractivity contribution in [2.24, 2.45) is 11.1 Å². The lowest BCUT2D eigenvalue weighted by Gasteiger charge is -2.20. The molecular formula is C12H21N3O5. The Bertz CT molecular complexity index is 384. The maximum Gasteiger partial charge on any atom is 0.323 e. The zero-order valence-corrected chi connectivity index (χ0v) is 11.9. The van der Waals surface area contributed by atoms with E-state index in [2.05, 4.69) is 5.32 Å². The number of nitrogens with two attached hydrogens (primary N) is 1. The van der Waals surface area contributed by atoms with Gasteiger partial charge in [-0.25, -0.2) is 0 Å². The van der Waals surface area contributed by atoms with Crippen LogP contribution in [0.5, 0.6) is 0 Å². The van der Waals surface area contributed by atoms with Gasteiger partial charge in [0.1, 0.15) is 6.54 Å². The molecule has 0 saturated carbocycles. The van der Waals surface area contributed by atoms with Gasteiger partial charge >= 0.3 is 5.97 Å². The number of carboxylic acids is 1. The standard InChI is InChI=1S/C12H21N3O5/c1-12(2,3)11(20)14-5-4-9(17)15(6-8(13)16)7-10(18)19/h4-7H2,1-3H3,(H2,13,16)(H,14,20)(H,18,19). The molecule has 0 unspecified atom stereocenters. The molecule has 0 aromatic rings. The summed E-state index contributed by atoms with van der Waals surface area (Å²) in [6.07, 6.45) is -0.0949. The topological polar surface area (TPSA) is 130 Å². The Morgan fingerprint density at radius 2 is 1.70 bits per heavy atom. The maximum absolute atomic E-state index is 11.7. The average Bonchev–Trinajstić information content (AvgIpc) is 2.25. The summed E-state index contributed by atoms with van der Waals surface area (Å²) >= 11 is 0. The van der Waals surface area contributed by atoms with Crippen LogP contribution in [0, 0.1) is 5.41 Å². The first-order valence-electron chi connectivity index (χ1n) is 6.10. The highest BCUT2D eigenvalue weighted by atomic mass is 16.4. The number of aliphatic carboxylic acids is 1. The lowest BCUT2D eigenvalue weighted by Crippen LogP contribution is -2.43. The average molecular weight is 287 g/mol. The summed E-state index contributed by atoms with van der Waals surface area (Å²) in [6, 6.07) is 0. The molecule has 0 spiro atoms. The van der Waals surface area contributed by atoms with Crippen molar-refractivity contribution in [1.82, 2.24) is 10.2 Å². The molecule has 8 nitrogen and oxygen atoms in total. The van der Waals surface area contributed by atoms with E-state index in [0.717, 1.165) is 4.90 Å². The van der Waals surface area contributed by atoms with Crippen molar-refractivity contribution in [3.05, 3.63) is 0 Å². The van der Waals surface area contributed by atoms with Crippen LogP contribution in [-0.2, 0) is 19.2 Å². The molecule has 8 heteroatoms. The van der Waals surface area contributed by atoms with Crippen LogP contribution >= 0.6 is 0 Å². The summed E-state index contributed by atoms with van der Waals surface area (Å²) in [7, 11) is 0. The number of carbonyl (C=O) groups excluding carboxylic acids is 3. The second-order valence-corrected chi connectivity index (χ2v) is 5.37. The Kier molecular flexibility index (Phi) is 6.67. The predicted octanol–water partition coefficient (Wildman–Crippen LogP) is -1.06. The number of rotatable bonds is 7. The molecule has 0 heterocycles. The molecule has 3 amide bonds. The summed E-state index contributed by atoms with van der Waals surface area (Å²) in [5, 5.41) is 11.2.